The first-order chi connectivity index (χ1) is 7.75. The lowest BCUT2D eigenvalue weighted by atomic mass is 10.4. The molecule has 2 aromatic rings. The average molecular weight is 238 g/mol. The van der Waals surface area contributed by atoms with E-state index in [1.807, 2.05) is 24.0 Å². The second kappa shape index (κ2) is 4.94. The summed E-state index contributed by atoms with van der Waals surface area (Å²) in [6, 6.07) is 0. The Balaban J connectivity index is 1.87. The Bertz CT molecular complexity index is 468. The van der Waals surface area contributed by atoms with E-state index in [0.29, 0.717) is 10.8 Å². The zero-order valence-corrected chi connectivity index (χ0v) is 9.65. The molecule has 2 rings (SSSR count). The van der Waals surface area contributed by atoms with E-state index < -0.39 is 0 Å². The molecule has 84 valence electrons. The van der Waals surface area contributed by atoms with Gasteiger partial charge < -0.3 is 5.32 Å². The molecule has 0 saturated carbocycles. The topological polar surface area (TPSA) is 55.6 Å². The molecule has 1 N–H and O–H groups in total. The number of nitrogens with one attached hydrogen (secondary N) is 1. The summed E-state index contributed by atoms with van der Waals surface area (Å²) < 4.78 is 1.87. The molecule has 0 spiro atoms. The summed E-state index contributed by atoms with van der Waals surface area (Å²) in [5.41, 5.74) is 1.15. The Morgan fingerprint density at radius 1 is 1.44 bits per heavy atom. The average Bonchev–Trinajstić information content (AvgIpc) is 2.67. The largest absolute Gasteiger partial charge is 0.367 e. The van der Waals surface area contributed by atoms with E-state index in [4.69, 9.17) is 11.6 Å². The molecule has 0 aliphatic rings. The summed E-state index contributed by atoms with van der Waals surface area (Å²) in [6.07, 6.45) is 6.85. The lowest BCUT2D eigenvalue weighted by Crippen LogP contribution is -2.11. The molecular weight excluding hydrogens is 226 g/mol. The van der Waals surface area contributed by atoms with Crippen LogP contribution in [0.3, 0.4) is 0 Å². The van der Waals surface area contributed by atoms with Gasteiger partial charge in [0.2, 0.25) is 0 Å². The zero-order valence-electron chi connectivity index (χ0n) is 8.89. The normalized spacial score (nSPS) is 10.4. The summed E-state index contributed by atoms with van der Waals surface area (Å²) in [6.45, 7) is 3.50. The Morgan fingerprint density at radius 2 is 2.31 bits per heavy atom. The molecule has 0 fully saturated rings. The predicted molar refractivity (Wildman–Crippen MR) is 62.5 cm³/mol. The number of aryl methyl sites for hydroxylation is 1. The lowest BCUT2D eigenvalue weighted by Gasteiger charge is -2.06. The molecular formula is C10H12ClN5. The minimum atomic E-state index is 0.527. The summed E-state index contributed by atoms with van der Waals surface area (Å²) in [5.74, 6) is 0.653. The third-order valence-corrected chi connectivity index (χ3v) is 2.34. The van der Waals surface area contributed by atoms with Crippen LogP contribution in [0.1, 0.15) is 5.56 Å². The van der Waals surface area contributed by atoms with Gasteiger partial charge in [-0.25, -0.2) is 9.97 Å². The molecule has 0 radical (unpaired) electrons. The van der Waals surface area contributed by atoms with Crippen LogP contribution in [-0.4, -0.2) is 26.3 Å². The number of nitrogens with zero attached hydrogens (tertiary/aromatic N) is 4. The fourth-order valence-corrected chi connectivity index (χ4v) is 1.49. The van der Waals surface area contributed by atoms with Gasteiger partial charge in [-0.05, 0) is 12.5 Å². The molecule has 0 aliphatic heterocycles. The van der Waals surface area contributed by atoms with E-state index in [9.17, 15) is 0 Å². The fourth-order valence-electron chi connectivity index (χ4n) is 1.32. The predicted octanol–water partition coefficient (Wildman–Crippen LogP) is 1.75. The van der Waals surface area contributed by atoms with E-state index in [1.165, 1.54) is 6.33 Å². The minimum absolute atomic E-state index is 0.527. The Labute approximate surface area is 98.5 Å². The molecule has 0 aromatic carbocycles. The van der Waals surface area contributed by atoms with Crippen molar-refractivity contribution in [1.29, 1.82) is 0 Å². The third kappa shape index (κ3) is 2.70. The maximum atomic E-state index is 5.90. The Kier molecular flexibility index (Phi) is 3.36. The summed E-state index contributed by atoms with van der Waals surface area (Å²) in [4.78, 5) is 7.84. The molecule has 2 heterocycles. The van der Waals surface area contributed by atoms with Gasteiger partial charge in [-0.15, -0.1) is 0 Å². The third-order valence-electron chi connectivity index (χ3n) is 2.06. The standard InChI is InChI=1S/C10H12ClN5/c1-8-4-15-16(6-8)3-2-13-10-9(11)5-12-7-14-10/h4-7H,2-3H2,1H3,(H,12,13,14). The van der Waals surface area contributed by atoms with Gasteiger partial charge in [0.25, 0.3) is 0 Å². The van der Waals surface area contributed by atoms with Crippen LogP contribution in [0.2, 0.25) is 5.02 Å². The van der Waals surface area contributed by atoms with Crippen LogP contribution in [0, 0.1) is 6.92 Å². The quantitative estimate of drug-likeness (QED) is 0.880. The van der Waals surface area contributed by atoms with Gasteiger partial charge in [0.1, 0.15) is 17.2 Å². The van der Waals surface area contributed by atoms with Crippen molar-refractivity contribution in [3.05, 3.63) is 35.5 Å². The van der Waals surface area contributed by atoms with Crippen LogP contribution in [0.4, 0.5) is 5.82 Å². The molecule has 16 heavy (non-hydrogen) atoms. The van der Waals surface area contributed by atoms with Gasteiger partial charge in [0.15, 0.2) is 0 Å². The van der Waals surface area contributed by atoms with Crippen molar-refractivity contribution in [1.82, 2.24) is 19.7 Å². The highest BCUT2D eigenvalue weighted by atomic mass is 35.5. The first-order valence-electron chi connectivity index (χ1n) is 4.94. The van der Waals surface area contributed by atoms with Crippen LogP contribution in [0.25, 0.3) is 0 Å². The second-order valence-electron chi connectivity index (χ2n) is 3.43. The second-order valence-corrected chi connectivity index (χ2v) is 3.83. The van der Waals surface area contributed by atoms with Crippen molar-refractivity contribution >= 4 is 17.4 Å². The number of anilines is 1. The zero-order chi connectivity index (χ0) is 11.4. The highest BCUT2D eigenvalue weighted by Crippen LogP contribution is 2.15. The number of rotatable bonds is 4. The number of aromatic nitrogens is 4. The van der Waals surface area contributed by atoms with Crippen molar-refractivity contribution in [3.8, 4) is 0 Å². The van der Waals surface area contributed by atoms with Crippen LogP contribution in [0.5, 0.6) is 0 Å². The lowest BCUT2D eigenvalue weighted by molar-refractivity contribution is 0.636. The monoisotopic (exact) mass is 237 g/mol. The van der Waals surface area contributed by atoms with Gasteiger partial charge in [-0.1, -0.05) is 11.6 Å². The highest BCUT2D eigenvalue weighted by Gasteiger charge is 2.00. The molecule has 0 atom stereocenters. The van der Waals surface area contributed by atoms with Crippen LogP contribution in [-0.2, 0) is 6.54 Å². The highest BCUT2D eigenvalue weighted by molar-refractivity contribution is 6.32. The van der Waals surface area contributed by atoms with Crippen molar-refractivity contribution in [2.75, 3.05) is 11.9 Å². The molecule has 0 aliphatic carbocycles. The molecule has 0 bridgehead atoms. The van der Waals surface area contributed by atoms with E-state index in [2.05, 4.69) is 20.4 Å². The van der Waals surface area contributed by atoms with Gasteiger partial charge >= 0.3 is 0 Å². The minimum Gasteiger partial charge on any atom is -0.367 e. The maximum absolute atomic E-state index is 5.90. The number of hydrogen-bond donors (Lipinski definition) is 1. The summed E-state index contributed by atoms with van der Waals surface area (Å²) >= 11 is 5.90. The summed E-state index contributed by atoms with van der Waals surface area (Å²) in [7, 11) is 0. The smallest absolute Gasteiger partial charge is 0.148 e. The fraction of sp³-hybridized carbons (Fsp3) is 0.300. The molecule has 2 aromatic heterocycles. The Hall–Kier alpha value is -1.62. The maximum Gasteiger partial charge on any atom is 0.148 e. The molecule has 0 amide bonds. The first-order valence-corrected chi connectivity index (χ1v) is 5.32. The van der Waals surface area contributed by atoms with Gasteiger partial charge in [0.05, 0.1) is 18.9 Å². The van der Waals surface area contributed by atoms with Crippen molar-refractivity contribution in [2.45, 2.75) is 13.5 Å². The van der Waals surface area contributed by atoms with E-state index in [0.717, 1.165) is 18.7 Å². The van der Waals surface area contributed by atoms with Gasteiger partial charge in [-0.2, -0.15) is 5.10 Å². The van der Waals surface area contributed by atoms with Crippen LogP contribution >= 0.6 is 11.6 Å². The van der Waals surface area contributed by atoms with Crippen molar-refractivity contribution in [2.24, 2.45) is 0 Å². The molecule has 0 saturated heterocycles. The van der Waals surface area contributed by atoms with Crippen molar-refractivity contribution in [3.63, 3.8) is 0 Å². The van der Waals surface area contributed by atoms with Crippen LogP contribution < -0.4 is 5.32 Å². The van der Waals surface area contributed by atoms with Gasteiger partial charge in [-0.3, -0.25) is 4.68 Å². The first kappa shape index (κ1) is 10.9. The van der Waals surface area contributed by atoms with E-state index >= 15 is 0 Å². The SMILES string of the molecule is Cc1cnn(CCNc2ncncc2Cl)c1. The van der Waals surface area contributed by atoms with E-state index in [1.54, 1.807) is 6.20 Å². The molecule has 5 nitrogen and oxygen atoms in total. The van der Waals surface area contributed by atoms with E-state index in [-0.39, 0.29) is 0 Å². The number of halogens is 1. The van der Waals surface area contributed by atoms with Crippen LogP contribution in [0.15, 0.2) is 24.9 Å². The number of hydrogen-bond acceptors (Lipinski definition) is 4. The Morgan fingerprint density at radius 3 is 3.00 bits per heavy atom. The molecule has 6 heteroatoms. The van der Waals surface area contributed by atoms with Crippen molar-refractivity contribution < 1.29 is 0 Å². The molecule has 0 unspecified atom stereocenters. The van der Waals surface area contributed by atoms with Gasteiger partial charge in [0, 0.05) is 12.7 Å². The summed E-state index contributed by atoms with van der Waals surface area (Å²) in [5, 5.41) is 7.83.